The Hall–Kier alpha value is -0.860. The zero-order chi connectivity index (χ0) is 5.98. The second-order valence-corrected chi connectivity index (χ2v) is 1.64. The molecule has 0 spiro atoms. The molecule has 0 fully saturated rings. The molecule has 0 saturated heterocycles. The zero-order valence-electron chi connectivity index (χ0n) is 4.34. The summed E-state index contributed by atoms with van der Waals surface area (Å²) < 4.78 is 12.3. The molecule has 0 saturated carbocycles. The lowest BCUT2D eigenvalue weighted by Gasteiger charge is -2.05. The standard InChI is InChI=1S/C5H7FN2/c6-4-2-1-3-8-5(4)7/h1,3-4H,2H2,(H2,7,8). The lowest BCUT2D eigenvalue weighted by atomic mass is 10.2. The Labute approximate surface area is 46.9 Å². The predicted octanol–water partition coefficient (Wildman–Crippen LogP) is 0.599. The SMILES string of the molecule is NC1=NC=CCC1F. The molecule has 0 aliphatic carbocycles. The Morgan fingerprint density at radius 2 is 2.62 bits per heavy atom. The number of amidine groups is 1. The van der Waals surface area contributed by atoms with E-state index in [2.05, 4.69) is 4.99 Å². The molecule has 0 bridgehead atoms. The number of rotatable bonds is 0. The second-order valence-electron chi connectivity index (χ2n) is 1.64. The first kappa shape index (κ1) is 5.28. The van der Waals surface area contributed by atoms with Gasteiger partial charge in [-0.05, 0) is 0 Å². The summed E-state index contributed by atoms with van der Waals surface area (Å²) in [6, 6.07) is 0. The van der Waals surface area contributed by atoms with E-state index in [0.29, 0.717) is 6.42 Å². The van der Waals surface area contributed by atoms with Crippen LogP contribution < -0.4 is 5.73 Å². The second kappa shape index (κ2) is 1.94. The highest BCUT2D eigenvalue weighted by Crippen LogP contribution is 2.03. The molecule has 1 atom stereocenters. The van der Waals surface area contributed by atoms with Crippen LogP contribution in [0.3, 0.4) is 0 Å². The van der Waals surface area contributed by atoms with Crippen molar-refractivity contribution in [3.8, 4) is 0 Å². The van der Waals surface area contributed by atoms with Gasteiger partial charge < -0.3 is 5.73 Å². The van der Waals surface area contributed by atoms with Gasteiger partial charge in [0.05, 0.1) is 0 Å². The van der Waals surface area contributed by atoms with Gasteiger partial charge in [0.1, 0.15) is 5.84 Å². The minimum atomic E-state index is -1.06. The van der Waals surface area contributed by atoms with E-state index in [9.17, 15) is 4.39 Å². The van der Waals surface area contributed by atoms with E-state index < -0.39 is 6.17 Å². The van der Waals surface area contributed by atoms with Crippen LogP contribution in [-0.4, -0.2) is 12.0 Å². The molecule has 2 N–H and O–H groups in total. The molecule has 1 aliphatic rings. The number of hydrogen-bond donors (Lipinski definition) is 1. The average Bonchev–Trinajstić information content (AvgIpc) is 1.77. The molecule has 1 aliphatic heterocycles. The molecule has 0 radical (unpaired) electrons. The minimum Gasteiger partial charge on any atom is -0.385 e. The lowest BCUT2D eigenvalue weighted by molar-refractivity contribution is 0.422. The molecule has 1 rings (SSSR count). The van der Waals surface area contributed by atoms with Gasteiger partial charge in [0.2, 0.25) is 0 Å². The topological polar surface area (TPSA) is 38.4 Å². The van der Waals surface area contributed by atoms with Crippen LogP contribution in [0, 0.1) is 0 Å². The fourth-order valence-electron chi connectivity index (χ4n) is 0.521. The van der Waals surface area contributed by atoms with Crippen molar-refractivity contribution >= 4 is 5.84 Å². The lowest BCUT2D eigenvalue weighted by Crippen LogP contribution is -2.25. The molecule has 0 aromatic carbocycles. The molecule has 8 heavy (non-hydrogen) atoms. The van der Waals surface area contributed by atoms with Crippen molar-refractivity contribution in [3.63, 3.8) is 0 Å². The van der Waals surface area contributed by atoms with Gasteiger partial charge >= 0.3 is 0 Å². The van der Waals surface area contributed by atoms with E-state index in [1.54, 1.807) is 6.08 Å². The summed E-state index contributed by atoms with van der Waals surface area (Å²) >= 11 is 0. The van der Waals surface area contributed by atoms with Gasteiger partial charge in [0, 0.05) is 12.6 Å². The first-order valence-electron chi connectivity index (χ1n) is 2.43. The monoisotopic (exact) mass is 114 g/mol. The molecule has 3 heteroatoms. The molecule has 1 heterocycles. The van der Waals surface area contributed by atoms with Crippen molar-refractivity contribution in [2.24, 2.45) is 10.7 Å². The van der Waals surface area contributed by atoms with Crippen molar-refractivity contribution in [1.82, 2.24) is 0 Å². The first-order chi connectivity index (χ1) is 3.80. The number of halogens is 1. The molecule has 0 amide bonds. The van der Waals surface area contributed by atoms with E-state index in [1.165, 1.54) is 6.20 Å². The largest absolute Gasteiger partial charge is 0.385 e. The summed E-state index contributed by atoms with van der Waals surface area (Å²) in [5, 5.41) is 0. The normalized spacial score (nSPS) is 27.6. The smallest absolute Gasteiger partial charge is 0.160 e. The van der Waals surface area contributed by atoms with E-state index >= 15 is 0 Å². The molecular formula is C5H7FN2. The summed E-state index contributed by atoms with van der Waals surface area (Å²) in [5.41, 5.74) is 5.10. The van der Waals surface area contributed by atoms with E-state index in [0.717, 1.165) is 0 Å². The van der Waals surface area contributed by atoms with Crippen LogP contribution in [0.2, 0.25) is 0 Å². The number of nitrogens with two attached hydrogens (primary N) is 1. The van der Waals surface area contributed by atoms with Crippen molar-refractivity contribution in [2.75, 3.05) is 0 Å². The van der Waals surface area contributed by atoms with Crippen LogP contribution >= 0.6 is 0 Å². The van der Waals surface area contributed by atoms with Crippen LogP contribution in [0.1, 0.15) is 6.42 Å². The van der Waals surface area contributed by atoms with Crippen LogP contribution in [0.15, 0.2) is 17.3 Å². The zero-order valence-corrected chi connectivity index (χ0v) is 4.34. The van der Waals surface area contributed by atoms with Gasteiger partial charge in [0.15, 0.2) is 6.17 Å². The Balaban J connectivity index is 2.66. The number of nitrogens with zero attached hydrogens (tertiary/aromatic N) is 1. The van der Waals surface area contributed by atoms with Crippen molar-refractivity contribution in [3.05, 3.63) is 12.3 Å². The van der Waals surface area contributed by atoms with Crippen molar-refractivity contribution < 1.29 is 4.39 Å². The molecular weight excluding hydrogens is 107 g/mol. The summed E-state index contributed by atoms with van der Waals surface area (Å²) in [5.74, 6) is 0.0903. The maximum absolute atomic E-state index is 12.3. The van der Waals surface area contributed by atoms with Gasteiger partial charge in [-0.25, -0.2) is 9.38 Å². The van der Waals surface area contributed by atoms with Crippen molar-refractivity contribution in [2.45, 2.75) is 12.6 Å². The highest BCUT2D eigenvalue weighted by Gasteiger charge is 2.10. The molecule has 0 aromatic rings. The van der Waals surface area contributed by atoms with E-state index in [-0.39, 0.29) is 5.84 Å². The highest BCUT2D eigenvalue weighted by atomic mass is 19.1. The number of alkyl halides is 1. The van der Waals surface area contributed by atoms with Crippen LogP contribution in [0.5, 0.6) is 0 Å². The Morgan fingerprint density at radius 3 is 3.00 bits per heavy atom. The van der Waals surface area contributed by atoms with E-state index in [4.69, 9.17) is 5.73 Å². The fourth-order valence-corrected chi connectivity index (χ4v) is 0.521. The predicted molar refractivity (Wildman–Crippen MR) is 30.3 cm³/mol. The van der Waals surface area contributed by atoms with Gasteiger partial charge in [0.25, 0.3) is 0 Å². The summed E-state index contributed by atoms with van der Waals surface area (Å²) in [6.07, 6.45) is 2.49. The summed E-state index contributed by atoms with van der Waals surface area (Å²) in [6.45, 7) is 0. The third kappa shape index (κ3) is 0.857. The summed E-state index contributed by atoms with van der Waals surface area (Å²) in [7, 11) is 0. The molecule has 0 aromatic heterocycles. The number of aliphatic imine (C=N–C) groups is 1. The number of allylic oxidation sites excluding steroid dienone is 1. The Bertz CT molecular complexity index is 139. The quantitative estimate of drug-likeness (QED) is 0.492. The van der Waals surface area contributed by atoms with Gasteiger partial charge in [-0.15, -0.1) is 0 Å². The average molecular weight is 114 g/mol. The Morgan fingerprint density at radius 1 is 1.88 bits per heavy atom. The Kier molecular flexibility index (Phi) is 1.28. The van der Waals surface area contributed by atoms with Gasteiger partial charge in [-0.1, -0.05) is 6.08 Å². The van der Waals surface area contributed by atoms with Crippen molar-refractivity contribution in [1.29, 1.82) is 0 Å². The van der Waals surface area contributed by atoms with Crippen LogP contribution in [0.25, 0.3) is 0 Å². The fraction of sp³-hybridized carbons (Fsp3) is 0.400. The summed E-state index contributed by atoms with van der Waals surface area (Å²) in [4.78, 5) is 3.55. The number of hydrogen-bond acceptors (Lipinski definition) is 2. The van der Waals surface area contributed by atoms with Gasteiger partial charge in [-0.2, -0.15) is 0 Å². The third-order valence-corrected chi connectivity index (χ3v) is 0.993. The van der Waals surface area contributed by atoms with Crippen LogP contribution in [0.4, 0.5) is 4.39 Å². The minimum absolute atomic E-state index is 0.0903. The molecule has 44 valence electrons. The maximum atomic E-state index is 12.3. The molecule has 1 unspecified atom stereocenters. The first-order valence-corrected chi connectivity index (χ1v) is 2.43. The van der Waals surface area contributed by atoms with Gasteiger partial charge in [-0.3, -0.25) is 0 Å². The van der Waals surface area contributed by atoms with E-state index in [1.807, 2.05) is 0 Å². The maximum Gasteiger partial charge on any atom is 0.160 e. The molecule has 2 nitrogen and oxygen atoms in total. The third-order valence-electron chi connectivity index (χ3n) is 0.993. The van der Waals surface area contributed by atoms with Crippen LogP contribution in [-0.2, 0) is 0 Å². The highest BCUT2D eigenvalue weighted by molar-refractivity contribution is 5.86.